The molecule has 6 nitrogen and oxygen atoms in total. The van der Waals surface area contributed by atoms with Crippen molar-refractivity contribution < 1.29 is 28.2 Å². The third-order valence-corrected chi connectivity index (χ3v) is 15.1. The van der Waals surface area contributed by atoms with E-state index in [1.165, 1.54) is 10.9 Å². The van der Waals surface area contributed by atoms with Crippen LogP contribution in [-0.4, -0.2) is 25.6 Å². The predicted octanol–water partition coefficient (Wildman–Crippen LogP) is 15.4. The molecule has 3 aromatic heterocycles. The summed E-state index contributed by atoms with van der Waals surface area (Å²) >= 11 is 2.45. The second-order valence-electron chi connectivity index (χ2n) is 19.5. The van der Waals surface area contributed by atoms with Crippen molar-refractivity contribution >= 4 is 56.8 Å². The van der Waals surface area contributed by atoms with Crippen molar-refractivity contribution in [3.8, 4) is 56.4 Å². The van der Waals surface area contributed by atoms with Gasteiger partial charge in [0.25, 0.3) is 0 Å². The summed E-state index contributed by atoms with van der Waals surface area (Å²) in [6, 6.07) is 81.8. The monoisotopic (exact) mass is 1120 g/mol. The fourth-order valence-corrected chi connectivity index (χ4v) is 11.8. The van der Waals surface area contributed by atoms with Crippen LogP contribution >= 0.6 is 0 Å². The Hall–Kier alpha value is -8.25. The van der Waals surface area contributed by atoms with Crippen LogP contribution in [0.2, 0.25) is 0 Å². The second kappa shape index (κ2) is 17.8. The van der Waals surface area contributed by atoms with Crippen LogP contribution in [0.1, 0.15) is 36.0 Å². The van der Waals surface area contributed by atoms with Crippen molar-refractivity contribution in [3.63, 3.8) is 0 Å². The minimum absolute atomic E-state index is 0.0124. The third kappa shape index (κ3) is 7.52. The molecule has 0 saturated heterocycles. The number of aromatic nitrogens is 4. The molecular formula is C65H48BN5OPt-2. The topological polar surface area (TPSA) is 40.1 Å². The van der Waals surface area contributed by atoms with Gasteiger partial charge in [0.15, 0.2) is 0 Å². The van der Waals surface area contributed by atoms with E-state index in [1.54, 1.807) is 12.1 Å². The molecule has 0 radical (unpaired) electrons. The maximum absolute atomic E-state index is 8.62. The Morgan fingerprint density at radius 2 is 1.22 bits per heavy atom. The van der Waals surface area contributed by atoms with Gasteiger partial charge in [0.1, 0.15) is 0 Å². The number of ether oxygens (including phenoxy) is 1. The van der Waals surface area contributed by atoms with Crippen molar-refractivity contribution in [2.75, 3.05) is 4.81 Å². The number of imidazole rings is 1. The van der Waals surface area contributed by atoms with Crippen LogP contribution in [0.4, 0.5) is 11.5 Å². The Kier molecular flexibility index (Phi) is 10.1. The molecule has 73 heavy (non-hydrogen) atoms. The minimum atomic E-state index is -2.41. The Balaban J connectivity index is 0.981. The second-order valence-corrected chi connectivity index (χ2v) is 20.5. The van der Waals surface area contributed by atoms with Gasteiger partial charge in [0, 0.05) is 5.52 Å². The number of nitrogens with zero attached hydrogens (tertiary/aromatic N) is 5. The first kappa shape index (κ1) is 41.4. The quantitative estimate of drug-likeness (QED) is 0.107. The summed E-state index contributed by atoms with van der Waals surface area (Å²) in [4.78, 5) is 7.63. The van der Waals surface area contributed by atoms with E-state index in [9.17, 15) is 0 Å². The maximum atomic E-state index is 8.62. The number of pyridine rings is 1. The molecule has 4 heterocycles. The van der Waals surface area contributed by atoms with E-state index in [4.69, 9.17) is 13.8 Å². The van der Waals surface area contributed by atoms with Crippen LogP contribution in [-0.2, 0) is 24.8 Å². The molecular weight excluding hydrogens is 1070 g/mol. The molecule has 0 N–H and O–H groups in total. The Morgan fingerprint density at radius 3 is 1.97 bits per heavy atom. The summed E-state index contributed by atoms with van der Waals surface area (Å²) < 4.78 is 40.8. The standard InChI is InChI=1S/C65H48BN5O.Pt/c1-44-20-11-12-27-51(44)56-40-41-61(70-60-35-19-31-55-54-28-13-14-32-57(54)71(63(55)60)66(70)48-23-9-6-10-24-48)67-64(56)72-50-26-17-25-49(42-50)68-43-69(59-34-16-15-33-58(59)68)62-52(45-21-7-5-8-22-45)29-18-30-53(62)46-36-38-47(39-37-46)65(2,3)4;/h5-34,36-41H,1-4H3;/q-2;/i1D3;. The van der Waals surface area contributed by atoms with Crippen molar-refractivity contribution in [2.45, 2.75) is 33.0 Å². The average molecular weight is 1120 g/mol. The number of anilines is 2. The van der Waals surface area contributed by atoms with E-state index in [2.05, 4.69) is 222 Å². The first-order chi connectivity index (χ1) is 36.9. The van der Waals surface area contributed by atoms with Crippen LogP contribution < -0.4 is 15.0 Å². The number of fused-ring (bicyclic) bond motifs is 4. The Labute approximate surface area is 440 Å². The molecule has 0 saturated carbocycles. The van der Waals surface area contributed by atoms with Crippen LogP contribution in [0.25, 0.3) is 77.6 Å². The summed E-state index contributed by atoms with van der Waals surface area (Å²) in [5, 5.41) is 2.29. The number of benzene rings is 9. The molecule has 12 aromatic rings. The SMILES string of the molecule is [2H]C([2H])([2H])c1ccccc1-c1ccc(N2B(c3ccccc3)n3c4ccccc4c4cc[c-]c2c43)nc1Oc1[c-]c(-n2[c](=[Pt])n(-c3c(-c4ccccc4)cccc3-c3ccc(C(C)(C)C)cc3)c3ccccc32)ccc1. The van der Waals surface area contributed by atoms with Crippen LogP contribution in [0.5, 0.6) is 11.6 Å². The first-order valence-electron chi connectivity index (χ1n) is 26.0. The molecule has 0 spiro atoms. The van der Waals surface area contributed by atoms with Gasteiger partial charge in [-0.15, -0.1) is 5.39 Å². The molecule has 9 aromatic carbocycles. The van der Waals surface area contributed by atoms with Crippen molar-refractivity contribution in [2.24, 2.45) is 0 Å². The summed E-state index contributed by atoms with van der Waals surface area (Å²) in [7, 11) is 0. The summed E-state index contributed by atoms with van der Waals surface area (Å²) in [5.74, 6) is 1.26. The zero-order chi connectivity index (χ0) is 51.9. The molecule has 1 aliphatic rings. The van der Waals surface area contributed by atoms with E-state index in [-0.39, 0.29) is 23.8 Å². The molecule has 0 amide bonds. The van der Waals surface area contributed by atoms with Gasteiger partial charge >= 0.3 is 360 Å². The van der Waals surface area contributed by atoms with Crippen LogP contribution in [0, 0.1) is 22.8 Å². The summed E-state index contributed by atoms with van der Waals surface area (Å²) in [5.41, 5.74) is 14.9. The molecule has 0 unspecified atom stereocenters. The molecule has 354 valence electrons. The Morgan fingerprint density at radius 1 is 0.575 bits per heavy atom. The van der Waals surface area contributed by atoms with E-state index < -0.39 is 6.85 Å². The van der Waals surface area contributed by atoms with Crippen LogP contribution in [0.3, 0.4) is 0 Å². The fourth-order valence-electron chi connectivity index (χ4n) is 10.7. The van der Waals surface area contributed by atoms with E-state index in [1.807, 2.05) is 54.6 Å². The Bertz CT molecular complexity index is 4270. The number of hydrogen-bond donors (Lipinski definition) is 0. The summed E-state index contributed by atoms with van der Waals surface area (Å²) in [6.07, 6.45) is 0. The molecule has 0 bridgehead atoms. The predicted molar refractivity (Wildman–Crippen MR) is 296 cm³/mol. The molecule has 13 rings (SSSR count). The molecule has 1 aliphatic heterocycles. The zero-order valence-electron chi connectivity index (χ0n) is 43.3. The van der Waals surface area contributed by atoms with Gasteiger partial charge in [-0.1, -0.05) is 48.5 Å². The zero-order valence-corrected chi connectivity index (χ0v) is 42.6. The number of hydrogen-bond acceptors (Lipinski definition) is 3. The van der Waals surface area contributed by atoms with Crippen molar-refractivity contribution in [3.05, 3.63) is 245 Å². The van der Waals surface area contributed by atoms with E-state index >= 15 is 0 Å². The molecule has 8 heteroatoms. The van der Waals surface area contributed by atoms with Gasteiger partial charge in [-0.25, -0.2) is 0 Å². The molecule has 0 atom stereocenters. The number of aryl methyl sites for hydroxylation is 1. The van der Waals surface area contributed by atoms with Gasteiger partial charge < -0.3 is 0 Å². The van der Waals surface area contributed by atoms with Crippen LogP contribution in [0.15, 0.2) is 218 Å². The van der Waals surface area contributed by atoms with Gasteiger partial charge in [-0.2, -0.15) is 12.1 Å². The van der Waals surface area contributed by atoms with E-state index in [0.717, 1.165) is 76.0 Å². The third-order valence-electron chi connectivity index (χ3n) is 14.1. The molecule has 0 aliphatic carbocycles. The van der Waals surface area contributed by atoms with Crippen molar-refractivity contribution in [1.29, 1.82) is 0 Å². The normalized spacial score (nSPS) is 13.2. The van der Waals surface area contributed by atoms with Gasteiger partial charge in [0.2, 0.25) is 0 Å². The van der Waals surface area contributed by atoms with E-state index in [0.29, 0.717) is 22.7 Å². The van der Waals surface area contributed by atoms with Crippen molar-refractivity contribution in [1.82, 2.24) is 18.6 Å². The van der Waals surface area contributed by atoms with Gasteiger partial charge in [-0.05, 0) is 11.5 Å². The van der Waals surface area contributed by atoms with Gasteiger partial charge in [-0.3, -0.25) is 0 Å². The number of rotatable bonds is 9. The summed E-state index contributed by atoms with van der Waals surface area (Å²) in [6.45, 7) is 4.01. The number of para-hydroxylation sites is 4. The van der Waals surface area contributed by atoms with Gasteiger partial charge in [0.05, 0.1) is 0 Å². The first-order valence-corrected chi connectivity index (χ1v) is 25.6. The fraction of sp³-hybridized carbons (Fsp3) is 0.0769. The average Bonchev–Trinajstić information content (AvgIpc) is 4.09. The molecule has 0 fully saturated rings.